The summed E-state index contributed by atoms with van der Waals surface area (Å²) >= 11 is 0. The summed E-state index contributed by atoms with van der Waals surface area (Å²) in [6.45, 7) is 1.79. The fourth-order valence-electron chi connectivity index (χ4n) is 0.774. The smallest absolute Gasteiger partial charge is 0.305 e. The van der Waals surface area contributed by atoms with Gasteiger partial charge in [-0.05, 0) is 19.3 Å². The van der Waals surface area contributed by atoms with Crippen LogP contribution in [0.5, 0.6) is 0 Å². The van der Waals surface area contributed by atoms with Crippen LogP contribution in [-0.4, -0.2) is 19.3 Å². The molecule has 0 aliphatic carbocycles. The highest BCUT2D eigenvalue weighted by atomic mass is 19.1. The van der Waals surface area contributed by atoms with Crippen molar-refractivity contribution in [1.29, 1.82) is 0 Å². The van der Waals surface area contributed by atoms with E-state index in [1.165, 1.54) is 7.11 Å². The predicted molar refractivity (Wildman–Crippen MR) is 41.1 cm³/mol. The minimum absolute atomic E-state index is 0.256. The Morgan fingerprint density at radius 3 is 2.73 bits per heavy atom. The molecule has 3 heteroatoms. The maximum Gasteiger partial charge on any atom is 0.305 e. The van der Waals surface area contributed by atoms with Crippen molar-refractivity contribution in [3.05, 3.63) is 0 Å². The lowest BCUT2D eigenvalue weighted by Crippen LogP contribution is -2.03. The average molecular weight is 162 g/mol. The molecule has 0 aromatic carbocycles. The highest BCUT2D eigenvalue weighted by Gasteiger charge is 2.05. The number of carbonyl (C=O) groups excluding carboxylic acids is 1. The molecule has 0 fully saturated rings. The second-order valence-electron chi connectivity index (χ2n) is 2.47. The molecule has 11 heavy (non-hydrogen) atoms. The van der Waals surface area contributed by atoms with Crippen molar-refractivity contribution >= 4 is 5.97 Å². The third kappa shape index (κ3) is 5.83. The summed E-state index contributed by atoms with van der Waals surface area (Å²) in [7, 11) is 1.34. The molecule has 0 aliphatic heterocycles. The van der Waals surface area contributed by atoms with E-state index in [1.54, 1.807) is 6.92 Å². The van der Waals surface area contributed by atoms with Gasteiger partial charge in [-0.3, -0.25) is 4.79 Å². The van der Waals surface area contributed by atoms with Crippen molar-refractivity contribution in [1.82, 2.24) is 0 Å². The molecule has 0 aliphatic rings. The Kier molecular flexibility index (Phi) is 5.80. The van der Waals surface area contributed by atoms with Gasteiger partial charge >= 0.3 is 5.97 Å². The Balaban J connectivity index is 3.20. The molecule has 0 aromatic rings. The average Bonchev–Trinajstić information content (AvgIpc) is 2.04. The number of carbonyl (C=O) groups is 1. The van der Waals surface area contributed by atoms with Crippen LogP contribution in [0.4, 0.5) is 4.39 Å². The monoisotopic (exact) mass is 162 g/mol. The van der Waals surface area contributed by atoms with E-state index < -0.39 is 6.17 Å². The Hall–Kier alpha value is -0.600. The zero-order chi connectivity index (χ0) is 8.69. The first-order chi connectivity index (χ1) is 5.20. The van der Waals surface area contributed by atoms with Gasteiger partial charge in [0, 0.05) is 6.42 Å². The molecule has 66 valence electrons. The molecule has 1 unspecified atom stereocenters. The minimum Gasteiger partial charge on any atom is -0.469 e. The second kappa shape index (κ2) is 6.13. The van der Waals surface area contributed by atoms with Gasteiger partial charge in [-0.2, -0.15) is 0 Å². The van der Waals surface area contributed by atoms with Crippen molar-refractivity contribution in [3.63, 3.8) is 0 Å². The Morgan fingerprint density at radius 1 is 1.64 bits per heavy atom. The van der Waals surface area contributed by atoms with E-state index in [0.717, 1.165) is 0 Å². The van der Waals surface area contributed by atoms with Gasteiger partial charge in [0.2, 0.25) is 0 Å². The molecular weight excluding hydrogens is 147 g/mol. The zero-order valence-electron chi connectivity index (χ0n) is 7.10. The van der Waals surface area contributed by atoms with Crippen LogP contribution in [0.2, 0.25) is 0 Å². The summed E-state index contributed by atoms with van der Waals surface area (Å²) in [5.41, 5.74) is 0. The molecule has 0 N–H and O–H groups in total. The van der Waals surface area contributed by atoms with Gasteiger partial charge in [-0.1, -0.05) is 6.92 Å². The van der Waals surface area contributed by atoms with Gasteiger partial charge < -0.3 is 4.74 Å². The molecular formula is C8H15FO2. The summed E-state index contributed by atoms with van der Waals surface area (Å²) < 4.78 is 16.9. The maximum atomic E-state index is 12.5. The molecule has 0 aromatic heterocycles. The van der Waals surface area contributed by atoms with Crippen molar-refractivity contribution < 1.29 is 13.9 Å². The van der Waals surface area contributed by atoms with Crippen LogP contribution >= 0.6 is 0 Å². The molecule has 0 saturated heterocycles. The van der Waals surface area contributed by atoms with Crippen LogP contribution in [0.25, 0.3) is 0 Å². The van der Waals surface area contributed by atoms with E-state index in [2.05, 4.69) is 4.74 Å². The Labute approximate surface area is 66.7 Å². The molecule has 0 rings (SSSR count). The van der Waals surface area contributed by atoms with E-state index in [1.807, 2.05) is 0 Å². The van der Waals surface area contributed by atoms with Crippen LogP contribution in [0.3, 0.4) is 0 Å². The van der Waals surface area contributed by atoms with Crippen LogP contribution in [0.15, 0.2) is 0 Å². The summed E-state index contributed by atoms with van der Waals surface area (Å²) in [6.07, 6.45) is 1.14. The third-order valence-electron chi connectivity index (χ3n) is 1.57. The third-order valence-corrected chi connectivity index (χ3v) is 1.57. The van der Waals surface area contributed by atoms with Crippen molar-refractivity contribution in [2.24, 2.45) is 0 Å². The summed E-state index contributed by atoms with van der Waals surface area (Å²) in [4.78, 5) is 10.5. The van der Waals surface area contributed by atoms with E-state index in [-0.39, 0.29) is 5.97 Å². The number of rotatable bonds is 5. The number of esters is 1. The molecule has 2 nitrogen and oxygen atoms in total. The quantitative estimate of drug-likeness (QED) is 0.578. The van der Waals surface area contributed by atoms with E-state index in [9.17, 15) is 9.18 Å². The van der Waals surface area contributed by atoms with E-state index in [4.69, 9.17) is 0 Å². The van der Waals surface area contributed by atoms with Crippen molar-refractivity contribution in [2.75, 3.05) is 7.11 Å². The lowest BCUT2D eigenvalue weighted by molar-refractivity contribution is -0.140. The fraction of sp³-hybridized carbons (Fsp3) is 0.875. The van der Waals surface area contributed by atoms with Gasteiger partial charge in [-0.15, -0.1) is 0 Å². The number of hydrogen-bond donors (Lipinski definition) is 0. The number of ether oxygens (including phenoxy) is 1. The number of alkyl halides is 1. The first kappa shape index (κ1) is 10.4. The SMILES string of the molecule is CCC(F)CCCC(=O)OC. The normalized spacial score (nSPS) is 12.6. The Morgan fingerprint density at radius 2 is 2.27 bits per heavy atom. The lowest BCUT2D eigenvalue weighted by Gasteiger charge is -2.02. The van der Waals surface area contributed by atoms with Gasteiger partial charge in [-0.25, -0.2) is 4.39 Å². The van der Waals surface area contributed by atoms with Gasteiger partial charge in [0.05, 0.1) is 13.3 Å². The molecule has 0 amide bonds. The lowest BCUT2D eigenvalue weighted by atomic mass is 10.1. The fourth-order valence-corrected chi connectivity index (χ4v) is 0.774. The van der Waals surface area contributed by atoms with Crippen LogP contribution < -0.4 is 0 Å². The first-order valence-electron chi connectivity index (χ1n) is 3.91. The first-order valence-corrected chi connectivity index (χ1v) is 3.91. The van der Waals surface area contributed by atoms with Crippen molar-refractivity contribution in [2.45, 2.75) is 38.8 Å². The van der Waals surface area contributed by atoms with Gasteiger partial charge in [0.1, 0.15) is 0 Å². The topological polar surface area (TPSA) is 26.3 Å². The summed E-state index contributed by atoms with van der Waals surface area (Å²) in [5.74, 6) is -0.256. The highest BCUT2D eigenvalue weighted by Crippen LogP contribution is 2.07. The molecule has 0 saturated carbocycles. The largest absolute Gasteiger partial charge is 0.469 e. The number of halogens is 1. The number of methoxy groups -OCH3 is 1. The zero-order valence-corrected chi connectivity index (χ0v) is 7.10. The molecule has 0 heterocycles. The molecule has 1 atom stereocenters. The minimum atomic E-state index is -0.764. The van der Waals surface area contributed by atoms with Crippen LogP contribution in [0, 0.1) is 0 Å². The predicted octanol–water partition coefficient (Wildman–Crippen LogP) is 2.08. The second-order valence-corrected chi connectivity index (χ2v) is 2.47. The van der Waals surface area contributed by atoms with Gasteiger partial charge in [0.25, 0.3) is 0 Å². The molecule has 0 radical (unpaired) electrons. The highest BCUT2D eigenvalue weighted by molar-refractivity contribution is 5.68. The van der Waals surface area contributed by atoms with Crippen molar-refractivity contribution in [3.8, 4) is 0 Å². The molecule has 0 bridgehead atoms. The summed E-state index contributed by atoms with van der Waals surface area (Å²) in [5, 5.41) is 0. The molecule has 0 spiro atoms. The van der Waals surface area contributed by atoms with E-state index in [0.29, 0.717) is 25.7 Å². The number of hydrogen-bond acceptors (Lipinski definition) is 2. The maximum absolute atomic E-state index is 12.5. The van der Waals surface area contributed by atoms with Crippen LogP contribution in [0.1, 0.15) is 32.6 Å². The summed E-state index contributed by atoms with van der Waals surface area (Å²) in [6, 6.07) is 0. The van der Waals surface area contributed by atoms with E-state index >= 15 is 0 Å². The standard InChI is InChI=1S/C8H15FO2/c1-3-7(9)5-4-6-8(10)11-2/h7H,3-6H2,1-2H3. The van der Waals surface area contributed by atoms with Gasteiger partial charge in [0.15, 0.2) is 0 Å². The Bertz CT molecular complexity index is 115. The van der Waals surface area contributed by atoms with Crippen LogP contribution in [-0.2, 0) is 9.53 Å².